The van der Waals surface area contributed by atoms with Gasteiger partial charge in [0.1, 0.15) is 28.9 Å². The molecule has 1 aliphatic heterocycles. The highest BCUT2D eigenvalue weighted by Gasteiger charge is 2.34. The van der Waals surface area contributed by atoms with Crippen LogP contribution in [0.2, 0.25) is 0 Å². The first kappa shape index (κ1) is 19.2. The molecular weight excluding hydrogens is 399 g/mol. The van der Waals surface area contributed by atoms with Gasteiger partial charge < -0.3 is 15.2 Å². The maximum absolute atomic E-state index is 14.3. The Morgan fingerprint density at radius 2 is 2.23 bits per heavy atom. The van der Waals surface area contributed by atoms with Crippen LogP contribution >= 0.6 is 0 Å². The van der Waals surface area contributed by atoms with E-state index in [0.29, 0.717) is 30.1 Å². The number of H-pyrrole nitrogens is 1. The summed E-state index contributed by atoms with van der Waals surface area (Å²) in [4.78, 5) is 30.7. The van der Waals surface area contributed by atoms with Crippen molar-refractivity contribution in [1.29, 1.82) is 0 Å². The van der Waals surface area contributed by atoms with Crippen LogP contribution in [-0.2, 0) is 6.42 Å². The molecule has 0 aromatic carbocycles. The number of carbonyl (C=O) groups is 1. The van der Waals surface area contributed by atoms with Gasteiger partial charge in [-0.3, -0.25) is 4.79 Å². The summed E-state index contributed by atoms with van der Waals surface area (Å²) in [6.07, 6.45) is 8.02. The first-order chi connectivity index (χ1) is 15.2. The Morgan fingerprint density at radius 3 is 3.00 bits per heavy atom. The van der Waals surface area contributed by atoms with Gasteiger partial charge >= 0.3 is 0 Å². The lowest BCUT2D eigenvalue weighted by Gasteiger charge is -2.34. The summed E-state index contributed by atoms with van der Waals surface area (Å²) in [6.45, 7) is 3.22. The molecule has 31 heavy (non-hydrogen) atoms. The first-order valence-corrected chi connectivity index (χ1v) is 10.2. The third-order valence-electron chi connectivity index (χ3n) is 5.37. The predicted molar refractivity (Wildman–Crippen MR) is 111 cm³/mol. The van der Waals surface area contributed by atoms with Gasteiger partial charge in [0.05, 0.1) is 30.1 Å². The van der Waals surface area contributed by atoms with Crippen molar-refractivity contribution < 1.29 is 9.18 Å². The van der Waals surface area contributed by atoms with E-state index in [1.807, 2.05) is 11.8 Å². The van der Waals surface area contributed by atoms with E-state index in [0.717, 1.165) is 24.2 Å². The fourth-order valence-corrected chi connectivity index (χ4v) is 3.87. The Hall–Kier alpha value is -3.82. The number of halogens is 1. The second kappa shape index (κ2) is 7.78. The molecule has 9 nitrogen and oxygen atoms in total. The number of nitrogens with zero attached hydrogens (tertiary/aromatic N) is 6. The monoisotopic (exact) mass is 420 g/mol. The van der Waals surface area contributed by atoms with Crippen LogP contribution in [0.1, 0.15) is 47.0 Å². The van der Waals surface area contributed by atoms with Gasteiger partial charge in [0.15, 0.2) is 0 Å². The molecule has 0 bridgehead atoms. The van der Waals surface area contributed by atoms with Gasteiger partial charge in [0.25, 0.3) is 5.91 Å². The smallest absolute Gasteiger partial charge is 0.271 e. The minimum Gasteiger partial charge on any atom is -0.351 e. The van der Waals surface area contributed by atoms with Gasteiger partial charge in [-0.15, -0.1) is 0 Å². The summed E-state index contributed by atoms with van der Waals surface area (Å²) in [5.74, 6) is 0.0119. The minimum absolute atomic E-state index is 0.249. The van der Waals surface area contributed by atoms with Crippen molar-refractivity contribution in [3.05, 3.63) is 71.7 Å². The fraction of sp³-hybridized carbons (Fsp3) is 0.286. The Balaban J connectivity index is 1.53. The van der Waals surface area contributed by atoms with E-state index in [9.17, 15) is 9.18 Å². The van der Waals surface area contributed by atoms with Crippen molar-refractivity contribution in [2.45, 2.75) is 25.8 Å². The number of hydrogen-bond donors (Lipinski definition) is 2. The van der Waals surface area contributed by atoms with Crippen LogP contribution in [0.3, 0.4) is 0 Å². The van der Waals surface area contributed by atoms with Crippen molar-refractivity contribution in [1.82, 2.24) is 34.9 Å². The van der Waals surface area contributed by atoms with E-state index < -0.39 is 0 Å². The van der Waals surface area contributed by atoms with Crippen LogP contribution in [0.4, 0.5) is 10.2 Å². The molecule has 5 heterocycles. The molecule has 4 aromatic rings. The van der Waals surface area contributed by atoms with Crippen LogP contribution in [-0.4, -0.2) is 48.5 Å². The number of hydrogen-bond acceptors (Lipinski definition) is 6. The van der Waals surface area contributed by atoms with Gasteiger partial charge in [-0.05, 0) is 24.6 Å². The summed E-state index contributed by atoms with van der Waals surface area (Å²) >= 11 is 0. The molecule has 1 aliphatic rings. The maximum Gasteiger partial charge on any atom is 0.271 e. The second-order valence-electron chi connectivity index (χ2n) is 7.38. The molecule has 0 spiro atoms. The van der Waals surface area contributed by atoms with Crippen molar-refractivity contribution in [2.75, 3.05) is 18.0 Å². The number of pyridine rings is 1. The second-order valence-corrected chi connectivity index (χ2v) is 7.38. The molecule has 2 N–H and O–H groups in total. The van der Waals surface area contributed by atoms with E-state index >= 15 is 0 Å². The molecule has 0 unspecified atom stereocenters. The third-order valence-corrected chi connectivity index (χ3v) is 5.37. The van der Waals surface area contributed by atoms with E-state index in [-0.39, 0.29) is 23.5 Å². The Kier molecular flexibility index (Phi) is 4.81. The highest BCUT2D eigenvalue weighted by atomic mass is 19.1. The zero-order valence-electron chi connectivity index (χ0n) is 16.9. The molecule has 0 saturated carbocycles. The molecule has 0 fully saturated rings. The molecule has 4 aromatic heterocycles. The third kappa shape index (κ3) is 3.39. The van der Waals surface area contributed by atoms with E-state index in [1.165, 1.54) is 16.8 Å². The standard InChI is InChI=1S/C21H21FN8O/c1-2-6-23-21(31)16-10-25-18(11-24-16)29-8-5-14-19(27-12-26-14)20(29)15-9-17-13(22)4-3-7-30(17)28-15/h3-4,7,9-12,20H,2,5-6,8H2,1H3,(H,23,31)(H,26,27)/t20-/m1/s1. The Bertz CT molecular complexity index is 1230. The zero-order chi connectivity index (χ0) is 21.4. The summed E-state index contributed by atoms with van der Waals surface area (Å²) in [7, 11) is 0. The lowest BCUT2D eigenvalue weighted by atomic mass is 10.00. The van der Waals surface area contributed by atoms with Gasteiger partial charge in [-0.25, -0.2) is 23.9 Å². The van der Waals surface area contributed by atoms with E-state index in [1.54, 1.807) is 30.9 Å². The van der Waals surface area contributed by atoms with Crippen LogP contribution in [0, 0.1) is 5.82 Å². The Morgan fingerprint density at radius 1 is 1.32 bits per heavy atom. The van der Waals surface area contributed by atoms with Gasteiger partial charge in [0.2, 0.25) is 0 Å². The van der Waals surface area contributed by atoms with E-state index in [4.69, 9.17) is 0 Å². The summed E-state index contributed by atoms with van der Waals surface area (Å²) in [6, 6.07) is 4.40. The fourth-order valence-electron chi connectivity index (χ4n) is 3.87. The van der Waals surface area contributed by atoms with Crippen LogP contribution < -0.4 is 10.2 Å². The summed E-state index contributed by atoms with van der Waals surface area (Å²) in [5.41, 5.74) is 3.16. The zero-order valence-corrected chi connectivity index (χ0v) is 16.9. The van der Waals surface area contributed by atoms with Gasteiger partial charge in [-0.1, -0.05) is 6.92 Å². The number of anilines is 1. The predicted octanol–water partition coefficient (Wildman–Crippen LogP) is 2.28. The molecule has 0 saturated heterocycles. The summed E-state index contributed by atoms with van der Waals surface area (Å²) < 4.78 is 15.8. The minimum atomic E-state index is -0.358. The van der Waals surface area contributed by atoms with Crippen molar-refractivity contribution >= 4 is 17.2 Å². The van der Waals surface area contributed by atoms with Gasteiger partial charge in [-0.2, -0.15) is 5.10 Å². The molecule has 10 heteroatoms. The SMILES string of the molecule is CCCNC(=O)c1cnc(N2CCc3[nH]cnc3[C@H]2c2cc3c(F)cccn3n2)cn1. The number of aromatic nitrogens is 6. The van der Waals surface area contributed by atoms with Crippen molar-refractivity contribution in [3.8, 4) is 0 Å². The number of carbonyl (C=O) groups excluding carboxylic acids is 1. The van der Waals surface area contributed by atoms with E-state index in [2.05, 4.69) is 30.4 Å². The lowest BCUT2D eigenvalue weighted by Crippen LogP contribution is -2.37. The highest BCUT2D eigenvalue weighted by molar-refractivity contribution is 5.92. The molecule has 1 atom stereocenters. The Labute approximate surface area is 177 Å². The normalized spacial score (nSPS) is 15.8. The number of imidazole rings is 1. The van der Waals surface area contributed by atoms with Crippen molar-refractivity contribution in [2.24, 2.45) is 0 Å². The lowest BCUT2D eigenvalue weighted by molar-refractivity contribution is 0.0948. The largest absolute Gasteiger partial charge is 0.351 e. The number of amides is 1. The summed E-state index contributed by atoms with van der Waals surface area (Å²) in [5, 5.41) is 7.39. The topological polar surface area (TPSA) is 104 Å². The highest BCUT2D eigenvalue weighted by Crippen LogP contribution is 2.35. The first-order valence-electron chi connectivity index (χ1n) is 10.2. The molecule has 158 valence electrons. The van der Waals surface area contributed by atoms with Crippen molar-refractivity contribution in [3.63, 3.8) is 0 Å². The number of fused-ring (bicyclic) bond motifs is 2. The van der Waals surface area contributed by atoms with Gasteiger partial charge in [0, 0.05) is 31.4 Å². The maximum atomic E-state index is 14.3. The quantitative estimate of drug-likeness (QED) is 0.513. The molecule has 1 amide bonds. The number of aromatic amines is 1. The molecule has 5 rings (SSSR count). The molecule has 0 radical (unpaired) electrons. The average Bonchev–Trinajstić information content (AvgIpc) is 3.44. The number of nitrogens with one attached hydrogen (secondary N) is 2. The van der Waals surface area contributed by atoms with Crippen LogP contribution in [0.15, 0.2) is 43.1 Å². The number of rotatable bonds is 5. The molecular formula is C21H21FN8O. The van der Waals surface area contributed by atoms with Crippen LogP contribution in [0.5, 0.6) is 0 Å². The average molecular weight is 420 g/mol. The van der Waals surface area contributed by atoms with Crippen LogP contribution in [0.25, 0.3) is 5.52 Å². The molecule has 0 aliphatic carbocycles.